The van der Waals surface area contributed by atoms with Crippen LogP contribution in [0.2, 0.25) is 5.02 Å². The molecular weight excluding hydrogens is 258 g/mol. The first kappa shape index (κ1) is 12.6. The third-order valence-electron chi connectivity index (χ3n) is 2.82. The van der Waals surface area contributed by atoms with Crippen LogP contribution in [0.4, 0.5) is 17.6 Å². The number of alkyl halides is 3. The molecule has 0 bridgehead atoms. The molecule has 1 atom stereocenters. The fourth-order valence-corrected chi connectivity index (χ4v) is 2.20. The Morgan fingerprint density at radius 1 is 1.29 bits per heavy atom. The number of benzene rings is 1. The zero-order valence-corrected chi connectivity index (χ0v) is 9.50. The molecule has 0 aliphatic carbocycles. The van der Waals surface area contributed by atoms with Crippen LogP contribution in [-0.4, -0.2) is 6.54 Å². The minimum atomic E-state index is -4.51. The van der Waals surface area contributed by atoms with E-state index in [1.165, 1.54) is 0 Å². The predicted molar refractivity (Wildman–Crippen MR) is 56.4 cm³/mol. The van der Waals surface area contributed by atoms with Crippen molar-refractivity contribution < 1.29 is 17.6 Å². The van der Waals surface area contributed by atoms with Gasteiger partial charge in [-0.3, -0.25) is 0 Å². The van der Waals surface area contributed by atoms with Crippen molar-refractivity contribution in [1.82, 2.24) is 5.32 Å². The number of halogens is 5. The van der Waals surface area contributed by atoms with E-state index in [4.69, 9.17) is 11.6 Å². The Bertz CT molecular complexity index is 424. The lowest BCUT2D eigenvalue weighted by atomic mass is 10.0. The van der Waals surface area contributed by atoms with Gasteiger partial charge in [0.15, 0.2) is 0 Å². The molecule has 0 aromatic heterocycles. The Hall–Kier alpha value is -0.810. The molecule has 1 aromatic rings. The first-order valence-corrected chi connectivity index (χ1v) is 5.57. The summed E-state index contributed by atoms with van der Waals surface area (Å²) in [6.07, 6.45) is -3.07. The highest BCUT2D eigenvalue weighted by atomic mass is 35.5. The van der Waals surface area contributed by atoms with Gasteiger partial charge in [0.25, 0.3) is 0 Å². The van der Waals surface area contributed by atoms with E-state index in [9.17, 15) is 17.6 Å². The monoisotopic (exact) mass is 267 g/mol. The lowest BCUT2D eigenvalue weighted by Gasteiger charge is -2.16. The van der Waals surface area contributed by atoms with Gasteiger partial charge in [-0.15, -0.1) is 0 Å². The molecular formula is C11H10ClF4N. The zero-order chi connectivity index (χ0) is 12.6. The Morgan fingerprint density at radius 2 is 2.00 bits per heavy atom. The van der Waals surface area contributed by atoms with Gasteiger partial charge in [-0.1, -0.05) is 11.6 Å². The van der Waals surface area contributed by atoms with Crippen molar-refractivity contribution in [1.29, 1.82) is 0 Å². The fraction of sp³-hybridized carbons (Fsp3) is 0.455. The quantitative estimate of drug-likeness (QED) is 0.761. The molecule has 1 aliphatic heterocycles. The summed E-state index contributed by atoms with van der Waals surface area (Å²) in [5, 5.41) is 2.47. The van der Waals surface area contributed by atoms with Crippen molar-refractivity contribution in [2.24, 2.45) is 0 Å². The van der Waals surface area contributed by atoms with Gasteiger partial charge in [0.1, 0.15) is 5.82 Å². The molecule has 17 heavy (non-hydrogen) atoms. The maximum Gasteiger partial charge on any atom is 0.416 e. The van der Waals surface area contributed by atoms with E-state index < -0.39 is 22.6 Å². The predicted octanol–water partition coefficient (Wildman–Crippen LogP) is 3.92. The van der Waals surface area contributed by atoms with Crippen molar-refractivity contribution in [2.75, 3.05) is 6.54 Å². The smallest absolute Gasteiger partial charge is 0.310 e. The highest BCUT2D eigenvalue weighted by molar-refractivity contribution is 6.30. The summed E-state index contributed by atoms with van der Waals surface area (Å²) >= 11 is 5.50. The van der Waals surface area contributed by atoms with E-state index in [0.29, 0.717) is 19.0 Å². The second kappa shape index (κ2) is 4.46. The van der Waals surface area contributed by atoms with Gasteiger partial charge in [-0.2, -0.15) is 13.2 Å². The molecule has 1 N–H and O–H groups in total. The molecule has 1 aromatic carbocycles. The Morgan fingerprint density at radius 3 is 2.53 bits per heavy atom. The molecule has 1 saturated heterocycles. The molecule has 0 amide bonds. The fourth-order valence-electron chi connectivity index (χ4n) is 1.98. The maximum absolute atomic E-state index is 13.7. The summed E-state index contributed by atoms with van der Waals surface area (Å²) in [5.74, 6) is -0.765. The first-order valence-electron chi connectivity index (χ1n) is 5.19. The minimum absolute atomic E-state index is 0.00215. The summed E-state index contributed by atoms with van der Waals surface area (Å²) in [6.45, 7) is 0.679. The number of hydrogen-bond acceptors (Lipinski definition) is 1. The van der Waals surface area contributed by atoms with Crippen molar-refractivity contribution in [3.05, 3.63) is 34.1 Å². The van der Waals surface area contributed by atoms with Gasteiger partial charge in [-0.25, -0.2) is 4.39 Å². The molecule has 1 fully saturated rings. The summed E-state index contributed by atoms with van der Waals surface area (Å²) in [5.41, 5.74) is -0.907. The second-order valence-corrected chi connectivity index (χ2v) is 4.42. The van der Waals surface area contributed by atoms with E-state index in [-0.39, 0.29) is 11.6 Å². The van der Waals surface area contributed by atoms with E-state index in [1.807, 2.05) is 0 Å². The van der Waals surface area contributed by atoms with Gasteiger partial charge < -0.3 is 5.32 Å². The van der Waals surface area contributed by atoms with Gasteiger partial charge in [-0.05, 0) is 31.5 Å². The van der Waals surface area contributed by atoms with Gasteiger partial charge in [0.2, 0.25) is 0 Å². The van der Waals surface area contributed by atoms with Crippen molar-refractivity contribution in [3.8, 4) is 0 Å². The molecule has 1 aliphatic rings. The lowest BCUT2D eigenvalue weighted by molar-refractivity contribution is -0.137. The summed E-state index contributed by atoms with van der Waals surface area (Å²) in [6, 6.07) is 1.08. The third kappa shape index (κ3) is 2.55. The minimum Gasteiger partial charge on any atom is -0.310 e. The molecule has 1 heterocycles. The largest absolute Gasteiger partial charge is 0.416 e. The standard InChI is InChI=1S/C11H10ClF4N/c12-8-5-6(11(14,15)16)4-7(10(8)13)9-2-1-3-17-9/h4-5,9,17H,1-3H2/t9-/m0/s1. The first-order chi connectivity index (χ1) is 7.89. The Balaban J connectivity index is 2.46. The normalized spacial score (nSPS) is 20.9. The summed E-state index contributed by atoms with van der Waals surface area (Å²) in [7, 11) is 0. The molecule has 94 valence electrons. The molecule has 0 unspecified atom stereocenters. The Kier molecular flexibility index (Phi) is 3.32. The average molecular weight is 268 g/mol. The second-order valence-electron chi connectivity index (χ2n) is 4.01. The van der Waals surface area contributed by atoms with Crippen LogP contribution in [0.1, 0.15) is 30.0 Å². The molecule has 1 nitrogen and oxygen atoms in total. The van der Waals surface area contributed by atoms with E-state index in [1.54, 1.807) is 0 Å². The van der Waals surface area contributed by atoms with Crippen molar-refractivity contribution >= 4 is 11.6 Å². The SMILES string of the molecule is Fc1c(Cl)cc(C(F)(F)F)cc1[C@@H]1CCCN1. The van der Waals surface area contributed by atoms with Crippen LogP contribution >= 0.6 is 11.6 Å². The molecule has 0 saturated carbocycles. The molecule has 0 radical (unpaired) electrons. The van der Waals surface area contributed by atoms with E-state index in [2.05, 4.69) is 5.32 Å². The van der Waals surface area contributed by atoms with Crippen LogP contribution in [0.5, 0.6) is 0 Å². The Labute approximate surface area is 101 Å². The number of hydrogen-bond donors (Lipinski definition) is 1. The van der Waals surface area contributed by atoms with Crippen LogP contribution in [0.15, 0.2) is 12.1 Å². The van der Waals surface area contributed by atoms with Crippen LogP contribution < -0.4 is 5.32 Å². The maximum atomic E-state index is 13.7. The van der Waals surface area contributed by atoms with Crippen molar-refractivity contribution in [3.63, 3.8) is 0 Å². The molecule has 2 rings (SSSR count). The van der Waals surface area contributed by atoms with Crippen LogP contribution in [0.25, 0.3) is 0 Å². The van der Waals surface area contributed by atoms with Crippen molar-refractivity contribution in [2.45, 2.75) is 25.1 Å². The average Bonchev–Trinajstić information content (AvgIpc) is 2.73. The highest BCUT2D eigenvalue weighted by Gasteiger charge is 2.33. The van der Waals surface area contributed by atoms with E-state index >= 15 is 0 Å². The van der Waals surface area contributed by atoms with Crippen LogP contribution in [0, 0.1) is 5.82 Å². The summed E-state index contributed by atoms with van der Waals surface area (Å²) < 4.78 is 51.4. The molecule has 0 spiro atoms. The van der Waals surface area contributed by atoms with Crippen LogP contribution in [-0.2, 0) is 6.18 Å². The molecule has 6 heteroatoms. The van der Waals surface area contributed by atoms with Gasteiger partial charge in [0, 0.05) is 11.6 Å². The van der Waals surface area contributed by atoms with Gasteiger partial charge >= 0.3 is 6.18 Å². The van der Waals surface area contributed by atoms with Gasteiger partial charge in [0.05, 0.1) is 10.6 Å². The highest BCUT2D eigenvalue weighted by Crippen LogP contribution is 2.36. The topological polar surface area (TPSA) is 12.0 Å². The third-order valence-corrected chi connectivity index (χ3v) is 3.09. The van der Waals surface area contributed by atoms with E-state index in [0.717, 1.165) is 12.5 Å². The lowest BCUT2D eigenvalue weighted by Crippen LogP contribution is -2.16. The van der Waals surface area contributed by atoms with Crippen LogP contribution in [0.3, 0.4) is 0 Å². The number of nitrogens with one attached hydrogen (secondary N) is 1. The zero-order valence-electron chi connectivity index (χ0n) is 8.74. The number of rotatable bonds is 1. The summed E-state index contributed by atoms with van der Waals surface area (Å²) in [4.78, 5) is 0.